The van der Waals surface area contributed by atoms with E-state index in [1.54, 1.807) is 5.57 Å². The summed E-state index contributed by atoms with van der Waals surface area (Å²) in [5.74, 6) is 0. The van der Waals surface area contributed by atoms with Crippen LogP contribution in [0.15, 0.2) is 11.6 Å². The lowest BCUT2D eigenvalue weighted by Crippen LogP contribution is -1.82. The van der Waals surface area contributed by atoms with Crippen LogP contribution < -0.4 is 0 Å². The lowest BCUT2D eigenvalue weighted by molar-refractivity contribution is 0.573. The molecule has 0 nitrogen and oxygen atoms in total. The standard InChI is InChI=1S/C15H28/c1-2-3-4-5-6-7-8-9-12-15-13-10-11-14-15/h13H,2-12,14H2,1H3. The highest BCUT2D eigenvalue weighted by molar-refractivity contribution is 5.06. The van der Waals surface area contributed by atoms with Crippen molar-refractivity contribution in [2.75, 3.05) is 0 Å². The van der Waals surface area contributed by atoms with Gasteiger partial charge in [-0.25, -0.2) is 0 Å². The van der Waals surface area contributed by atoms with E-state index in [0.717, 1.165) is 0 Å². The van der Waals surface area contributed by atoms with Crippen molar-refractivity contribution in [3.8, 4) is 0 Å². The number of hydrogen-bond acceptors (Lipinski definition) is 0. The van der Waals surface area contributed by atoms with Crippen molar-refractivity contribution in [3.63, 3.8) is 0 Å². The summed E-state index contributed by atoms with van der Waals surface area (Å²) in [6.07, 6.45) is 19.6. The van der Waals surface area contributed by atoms with E-state index in [0.29, 0.717) is 0 Å². The minimum absolute atomic E-state index is 1.35. The second-order valence-electron chi connectivity index (χ2n) is 4.98. The van der Waals surface area contributed by atoms with Gasteiger partial charge in [-0.2, -0.15) is 0 Å². The Kier molecular flexibility index (Phi) is 7.69. The van der Waals surface area contributed by atoms with Gasteiger partial charge in [0.15, 0.2) is 0 Å². The molecule has 0 spiro atoms. The Morgan fingerprint density at radius 2 is 1.60 bits per heavy atom. The fraction of sp³-hybridized carbons (Fsp3) is 0.867. The first-order chi connectivity index (χ1) is 7.43. The van der Waals surface area contributed by atoms with E-state index in [4.69, 9.17) is 0 Å². The van der Waals surface area contributed by atoms with Gasteiger partial charge < -0.3 is 0 Å². The molecule has 0 aromatic rings. The van der Waals surface area contributed by atoms with Crippen LogP contribution in [0.4, 0.5) is 0 Å². The highest BCUT2D eigenvalue weighted by Crippen LogP contribution is 2.23. The molecule has 0 radical (unpaired) electrons. The van der Waals surface area contributed by atoms with Crippen molar-refractivity contribution < 1.29 is 0 Å². The Hall–Kier alpha value is -0.260. The molecule has 0 aromatic carbocycles. The van der Waals surface area contributed by atoms with Crippen LogP contribution in [0.5, 0.6) is 0 Å². The van der Waals surface area contributed by atoms with E-state index in [2.05, 4.69) is 13.0 Å². The molecular weight excluding hydrogens is 180 g/mol. The molecule has 0 aliphatic heterocycles. The van der Waals surface area contributed by atoms with E-state index >= 15 is 0 Å². The van der Waals surface area contributed by atoms with Gasteiger partial charge in [0, 0.05) is 0 Å². The molecule has 0 unspecified atom stereocenters. The van der Waals surface area contributed by atoms with Gasteiger partial charge in [-0.15, -0.1) is 0 Å². The molecule has 0 heteroatoms. The van der Waals surface area contributed by atoms with Gasteiger partial charge in [0.2, 0.25) is 0 Å². The van der Waals surface area contributed by atoms with Crippen LogP contribution in [0, 0.1) is 0 Å². The molecule has 1 rings (SSSR count). The van der Waals surface area contributed by atoms with E-state index in [1.807, 2.05) is 0 Å². The van der Waals surface area contributed by atoms with Crippen molar-refractivity contribution in [2.24, 2.45) is 0 Å². The quantitative estimate of drug-likeness (QED) is 0.340. The highest BCUT2D eigenvalue weighted by Gasteiger charge is 2.03. The molecule has 0 saturated heterocycles. The van der Waals surface area contributed by atoms with Crippen molar-refractivity contribution in [1.82, 2.24) is 0 Å². The third-order valence-electron chi connectivity index (χ3n) is 3.49. The summed E-state index contributed by atoms with van der Waals surface area (Å²) in [6, 6.07) is 0. The largest absolute Gasteiger partial charge is 0.0853 e. The normalized spacial score (nSPS) is 15.7. The summed E-state index contributed by atoms with van der Waals surface area (Å²) >= 11 is 0. The van der Waals surface area contributed by atoms with Crippen molar-refractivity contribution >= 4 is 0 Å². The lowest BCUT2D eigenvalue weighted by Gasteiger charge is -2.02. The molecular formula is C15H28. The van der Waals surface area contributed by atoms with Gasteiger partial charge in [-0.1, -0.05) is 63.5 Å². The number of hydrogen-bond donors (Lipinski definition) is 0. The third-order valence-corrected chi connectivity index (χ3v) is 3.49. The van der Waals surface area contributed by atoms with Gasteiger partial charge >= 0.3 is 0 Å². The summed E-state index contributed by atoms with van der Waals surface area (Å²) < 4.78 is 0. The second-order valence-corrected chi connectivity index (χ2v) is 4.98. The summed E-state index contributed by atoms with van der Waals surface area (Å²) in [6.45, 7) is 2.29. The van der Waals surface area contributed by atoms with Gasteiger partial charge in [0.1, 0.15) is 0 Å². The van der Waals surface area contributed by atoms with Crippen LogP contribution in [-0.4, -0.2) is 0 Å². The van der Waals surface area contributed by atoms with Gasteiger partial charge in [0.05, 0.1) is 0 Å². The second kappa shape index (κ2) is 9.00. The summed E-state index contributed by atoms with van der Waals surface area (Å²) in [5, 5.41) is 0. The molecule has 0 amide bonds. The maximum Gasteiger partial charge on any atom is -0.0317 e. The lowest BCUT2D eigenvalue weighted by atomic mass is 10.0. The molecule has 0 aromatic heterocycles. The minimum atomic E-state index is 1.35. The first kappa shape index (κ1) is 12.8. The first-order valence-corrected chi connectivity index (χ1v) is 7.11. The maximum atomic E-state index is 2.47. The zero-order valence-corrected chi connectivity index (χ0v) is 10.6. The van der Waals surface area contributed by atoms with E-state index < -0.39 is 0 Å². The average molecular weight is 208 g/mol. The fourth-order valence-corrected chi connectivity index (χ4v) is 2.45. The van der Waals surface area contributed by atoms with Crippen LogP contribution >= 0.6 is 0 Å². The highest BCUT2D eigenvalue weighted by atomic mass is 14.1. The number of allylic oxidation sites excluding steroid dienone is 2. The molecule has 15 heavy (non-hydrogen) atoms. The topological polar surface area (TPSA) is 0 Å². The van der Waals surface area contributed by atoms with Gasteiger partial charge in [0.25, 0.3) is 0 Å². The zero-order chi connectivity index (χ0) is 10.8. The van der Waals surface area contributed by atoms with Crippen molar-refractivity contribution in [3.05, 3.63) is 11.6 Å². The Morgan fingerprint density at radius 3 is 2.20 bits per heavy atom. The molecule has 0 bridgehead atoms. The predicted molar refractivity (Wildman–Crippen MR) is 69.2 cm³/mol. The van der Waals surface area contributed by atoms with Crippen molar-refractivity contribution in [1.29, 1.82) is 0 Å². The molecule has 0 N–H and O–H groups in total. The van der Waals surface area contributed by atoms with Crippen LogP contribution in [0.3, 0.4) is 0 Å². The fourth-order valence-electron chi connectivity index (χ4n) is 2.45. The van der Waals surface area contributed by atoms with Crippen molar-refractivity contribution in [2.45, 2.75) is 84.0 Å². The maximum absolute atomic E-state index is 2.47. The molecule has 1 aliphatic rings. The molecule has 0 saturated carbocycles. The Bertz CT molecular complexity index is 167. The Labute approximate surface area is 96.2 Å². The van der Waals surface area contributed by atoms with Crippen LogP contribution in [0.1, 0.15) is 84.0 Å². The summed E-state index contributed by atoms with van der Waals surface area (Å²) in [5.41, 5.74) is 1.75. The van der Waals surface area contributed by atoms with E-state index in [-0.39, 0.29) is 0 Å². The first-order valence-electron chi connectivity index (χ1n) is 7.11. The van der Waals surface area contributed by atoms with Gasteiger partial charge in [-0.05, 0) is 32.1 Å². The van der Waals surface area contributed by atoms with Crippen LogP contribution in [0.25, 0.3) is 0 Å². The SMILES string of the molecule is CCCCCCCCCCC1=CCCC1. The van der Waals surface area contributed by atoms with E-state index in [9.17, 15) is 0 Å². The molecule has 0 atom stereocenters. The summed E-state index contributed by atoms with van der Waals surface area (Å²) in [7, 11) is 0. The average Bonchev–Trinajstić information content (AvgIpc) is 2.75. The monoisotopic (exact) mass is 208 g/mol. The van der Waals surface area contributed by atoms with Crippen LogP contribution in [0.2, 0.25) is 0 Å². The van der Waals surface area contributed by atoms with E-state index in [1.165, 1.54) is 77.0 Å². The number of rotatable bonds is 9. The summed E-state index contributed by atoms with van der Waals surface area (Å²) in [4.78, 5) is 0. The number of unbranched alkanes of at least 4 members (excludes halogenated alkanes) is 7. The van der Waals surface area contributed by atoms with Gasteiger partial charge in [-0.3, -0.25) is 0 Å². The predicted octanol–water partition coefficient (Wildman–Crippen LogP) is 5.63. The van der Waals surface area contributed by atoms with Crippen LogP contribution in [-0.2, 0) is 0 Å². The molecule has 1 aliphatic carbocycles. The molecule has 88 valence electrons. The molecule has 0 fully saturated rings. The third kappa shape index (κ3) is 6.76. The molecule has 0 heterocycles. The smallest absolute Gasteiger partial charge is 0.0317 e. The Morgan fingerprint density at radius 1 is 0.933 bits per heavy atom. The minimum Gasteiger partial charge on any atom is -0.0853 e. The Balaban J connectivity index is 1.77. The zero-order valence-electron chi connectivity index (χ0n) is 10.6.